The number of aromatic nitrogens is 1. The molecular weight excluding hydrogens is 222 g/mol. The summed E-state index contributed by atoms with van der Waals surface area (Å²) in [6.45, 7) is 6.72. The number of aryl methyl sites for hydroxylation is 1. The van der Waals surface area contributed by atoms with E-state index in [0.717, 1.165) is 37.4 Å². The minimum Gasteiger partial charge on any atom is -0.349 e. The van der Waals surface area contributed by atoms with Crippen molar-refractivity contribution in [2.75, 3.05) is 25.0 Å². The second kappa shape index (κ2) is 7.73. The highest BCUT2D eigenvalue weighted by Crippen LogP contribution is 2.15. The van der Waals surface area contributed by atoms with Gasteiger partial charge in [-0.3, -0.25) is 0 Å². The van der Waals surface area contributed by atoms with E-state index >= 15 is 0 Å². The van der Waals surface area contributed by atoms with Gasteiger partial charge in [-0.1, -0.05) is 26.2 Å². The molecule has 0 saturated carbocycles. The summed E-state index contributed by atoms with van der Waals surface area (Å²) in [6, 6.07) is 4.29. The zero-order valence-corrected chi connectivity index (χ0v) is 11.7. The first-order valence-electron chi connectivity index (χ1n) is 6.56. The van der Waals surface area contributed by atoms with Gasteiger partial charge in [-0.2, -0.15) is 0 Å². The summed E-state index contributed by atoms with van der Waals surface area (Å²) in [7, 11) is 1.98. The van der Waals surface area contributed by atoms with Crippen molar-refractivity contribution in [2.45, 2.75) is 33.2 Å². The van der Waals surface area contributed by atoms with Crippen LogP contribution in [0.1, 0.15) is 31.5 Å². The zero-order valence-electron chi connectivity index (χ0n) is 11.7. The Morgan fingerprint density at radius 3 is 2.78 bits per heavy atom. The molecule has 1 rings (SSSR count). The van der Waals surface area contributed by atoms with E-state index < -0.39 is 0 Å². The van der Waals surface area contributed by atoms with Crippen LogP contribution in [0.25, 0.3) is 0 Å². The van der Waals surface area contributed by atoms with Crippen molar-refractivity contribution in [1.82, 2.24) is 10.3 Å². The smallest absolute Gasteiger partial charge is 0.129 e. The first-order chi connectivity index (χ1) is 8.71. The van der Waals surface area contributed by atoms with Gasteiger partial charge in [0.05, 0.1) is 6.54 Å². The van der Waals surface area contributed by atoms with Gasteiger partial charge >= 0.3 is 0 Å². The number of nitrogens with zero attached hydrogens (tertiary/aromatic N) is 2. The van der Waals surface area contributed by atoms with Crippen LogP contribution in [0.4, 0.5) is 5.82 Å². The summed E-state index contributed by atoms with van der Waals surface area (Å²) >= 11 is 0. The maximum absolute atomic E-state index is 5.35. The van der Waals surface area contributed by atoms with E-state index in [-0.39, 0.29) is 0 Å². The molecule has 1 aromatic rings. The fourth-order valence-electron chi connectivity index (χ4n) is 1.80. The standard InChI is InChI=1S/C15H23N3/c1-5-8-14-10-13(12-16-7-3)11-15(17-14)18(4)9-6-2/h2,10-11,16H,5,7-9,12H2,1,3-4H3. The molecule has 0 amide bonds. The van der Waals surface area contributed by atoms with Gasteiger partial charge in [-0.05, 0) is 30.7 Å². The molecule has 0 fully saturated rings. The summed E-state index contributed by atoms with van der Waals surface area (Å²) < 4.78 is 0. The predicted molar refractivity (Wildman–Crippen MR) is 77.7 cm³/mol. The maximum atomic E-state index is 5.35. The Morgan fingerprint density at radius 1 is 1.39 bits per heavy atom. The average molecular weight is 245 g/mol. The first-order valence-corrected chi connectivity index (χ1v) is 6.56. The van der Waals surface area contributed by atoms with Crippen LogP contribution in [0, 0.1) is 12.3 Å². The van der Waals surface area contributed by atoms with Gasteiger partial charge in [0.25, 0.3) is 0 Å². The lowest BCUT2D eigenvalue weighted by Crippen LogP contribution is -2.20. The SMILES string of the molecule is C#CCN(C)c1cc(CNCC)cc(CCC)n1. The van der Waals surface area contributed by atoms with Crippen LogP contribution in [0.3, 0.4) is 0 Å². The largest absolute Gasteiger partial charge is 0.349 e. The van der Waals surface area contributed by atoms with Crippen LogP contribution in [0.5, 0.6) is 0 Å². The Kier molecular flexibility index (Phi) is 6.24. The van der Waals surface area contributed by atoms with E-state index in [1.807, 2.05) is 11.9 Å². The van der Waals surface area contributed by atoms with Gasteiger partial charge in [0.2, 0.25) is 0 Å². The first kappa shape index (κ1) is 14.5. The highest BCUT2D eigenvalue weighted by Gasteiger charge is 2.06. The predicted octanol–water partition coefficient (Wildman–Crippen LogP) is 2.21. The molecule has 1 N–H and O–H groups in total. The third-order valence-electron chi connectivity index (χ3n) is 2.73. The van der Waals surface area contributed by atoms with E-state index in [4.69, 9.17) is 6.42 Å². The van der Waals surface area contributed by atoms with Crippen LogP contribution in [-0.2, 0) is 13.0 Å². The monoisotopic (exact) mass is 245 g/mol. The van der Waals surface area contributed by atoms with Crippen molar-refractivity contribution < 1.29 is 0 Å². The van der Waals surface area contributed by atoms with E-state index in [1.54, 1.807) is 0 Å². The Hall–Kier alpha value is -1.53. The molecular formula is C15H23N3. The molecule has 3 nitrogen and oxygen atoms in total. The molecule has 0 atom stereocenters. The molecule has 0 aliphatic rings. The Bertz CT molecular complexity index is 407. The number of rotatable bonds is 7. The maximum Gasteiger partial charge on any atom is 0.129 e. The second-order valence-electron chi connectivity index (χ2n) is 4.42. The second-order valence-corrected chi connectivity index (χ2v) is 4.42. The van der Waals surface area contributed by atoms with Crippen LogP contribution < -0.4 is 10.2 Å². The number of hydrogen-bond acceptors (Lipinski definition) is 3. The Balaban J connectivity index is 2.94. The summed E-state index contributed by atoms with van der Waals surface area (Å²) in [6.07, 6.45) is 7.47. The quantitative estimate of drug-likeness (QED) is 0.747. The summed E-state index contributed by atoms with van der Waals surface area (Å²) in [5.41, 5.74) is 2.42. The topological polar surface area (TPSA) is 28.2 Å². The van der Waals surface area contributed by atoms with Crippen molar-refractivity contribution in [2.24, 2.45) is 0 Å². The molecule has 0 bridgehead atoms. The van der Waals surface area contributed by atoms with Crippen LogP contribution in [-0.4, -0.2) is 25.1 Å². The highest BCUT2D eigenvalue weighted by molar-refractivity contribution is 5.43. The Labute approximate surface area is 111 Å². The fourth-order valence-corrected chi connectivity index (χ4v) is 1.80. The van der Waals surface area contributed by atoms with Crippen LogP contribution in [0.15, 0.2) is 12.1 Å². The third-order valence-corrected chi connectivity index (χ3v) is 2.73. The van der Waals surface area contributed by atoms with Crippen molar-refractivity contribution in [3.63, 3.8) is 0 Å². The Morgan fingerprint density at radius 2 is 2.17 bits per heavy atom. The number of terminal acetylenes is 1. The zero-order chi connectivity index (χ0) is 13.4. The lowest BCUT2D eigenvalue weighted by Gasteiger charge is -2.17. The third kappa shape index (κ3) is 4.38. The lowest BCUT2D eigenvalue weighted by atomic mass is 10.1. The fraction of sp³-hybridized carbons (Fsp3) is 0.533. The molecule has 0 saturated heterocycles. The molecule has 0 aliphatic heterocycles. The number of anilines is 1. The normalized spacial score (nSPS) is 10.1. The summed E-state index contributed by atoms with van der Waals surface area (Å²) in [5, 5.41) is 3.35. The molecule has 0 spiro atoms. The summed E-state index contributed by atoms with van der Waals surface area (Å²) in [4.78, 5) is 6.66. The molecule has 0 radical (unpaired) electrons. The molecule has 1 aromatic heterocycles. The van der Waals surface area contributed by atoms with Gasteiger partial charge in [0, 0.05) is 19.3 Å². The summed E-state index contributed by atoms with van der Waals surface area (Å²) in [5.74, 6) is 3.61. The van der Waals surface area contributed by atoms with Crippen molar-refractivity contribution in [3.05, 3.63) is 23.4 Å². The minimum atomic E-state index is 0.587. The van der Waals surface area contributed by atoms with E-state index in [0.29, 0.717) is 6.54 Å². The van der Waals surface area contributed by atoms with E-state index in [1.165, 1.54) is 5.56 Å². The number of nitrogens with one attached hydrogen (secondary N) is 1. The molecule has 1 heterocycles. The highest BCUT2D eigenvalue weighted by atomic mass is 15.2. The van der Waals surface area contributed by atoms with Gasteiger partial charge < -0.3 is 10.2 Å². The van der Waals surface area contributed by atoms with Gasteiger partial charge in [-0.25, -0.2) is 4.98 Å². The minimum absolute atomic E-state index is 0.587. The molecule has 0 unspecified atom stereocenters. The molecule has 98 valence electrons. The van der Waals surface area contributed by atoms with E-state index in [2.05, 4.69) is 42.2 Å². The van der Waals surface area contributed by atoms with Gasteiger partial charge in [-0.15, -0.1) is 6.42 Å². The van der Waals surface area contributed by atoms with Crippen molar-refractivity contribution in [1.29, 1.82) is 0 Å². The molecule has 18 heavy (non-hydrogen) atoms. The average Bonchev–Trinajstić information content (AvgIpc) is 2.37. The van der Waals surface area contributed by atoms with Gasteiger partial charge in [0.15, 0.2) is 0 Å². The molecule has 3 heteroatoms. The van der Waals surface area contributed by atoms with Crippen LogP contribution >= 0.6 is 0 Å². The number of pyridine rings is 1. The van der Waals surface area contributed by atoms with Crippen LogP contribution in [0.2, 0.25) is 0 Å². The van der Waals surface area contributed by atoms with Gasteiger partial charge in [0.1, 0.15) is 5.82 Å². The lowest BCUT2D eigenvalue weighted by molar-refractivity contribution is 0.722. The molecule has 0 aromatic carbocycles. The van der Waals surface area contributed by atoms with E-state index in [9.17, 15) is 0 Å². The van der Waals surface area contributed by atoms with Crippen molar-refractivity contribution in [3.8, 4) is 12.3 Å². The molecule has 0 aliphatic carbocycles. The number of hydrogen-bond donors (Lipinski definition) is 1. The van der Waals surface area contributed by atoms with Crippen molar-refractivity contribution >= 4 is 5.82 Å².